The van der Waals surface area contributed by atoms with Gasteiger partial charge in [0.2, 0.25) is 0 Å². The molecule has 0 radical (unpaired) electrons. The standard InChI is InChI=1S/C17H18ClNO4S2/c1-2-22-13-7-10(6-12(18)15(13)20)8-14-16(21)19(17(24)25-14)9-11-4-3-5-23-11/h6-8,11,20H,2-5,9H2,1H3/b14-8-/t11-/m0/s1. The molecule has 25 heavy (non-hydrogen) atoms. The van der Waals surface area contributed by atoms with Crippen LogP contribution in [-0.4, -0.2) is 46.1 Å². The summed E-state index contributed by atoms with van der Waals surface area (Å²) < 4.78 is 11.5. The number of amides is 1. The van der Waals surface area contributed by atoms with Crippen molar-refractivity contribution in [3.8, 4) is 11.5 Å². The number of nitrogens with zero attached hydrogens (tertiary/aromatic N) is 1. The summed E-state index contributed by atoms with van der Waals surface area (Å²) in [4.78, 5) is 14.8. The number of rotatable bonds is 5. The summed E-state index contributed by atoms with van der Waals surface area (Å²) >= 11 is 12.6. The Morgan fingerprint density at radius 3 is 3.04 bits per heavy atom. The van der Waals surface area contributed by atoms with Crippen LogP contribution in [0.2, 0.25) is 5.02 Å². The van der Waals surface area contributed by atoms with E-state index in [-0.39, 0.29) is 28.5 Å². The van der Waals surface area contributed by atoms with Crippen LogP contribution >= 0.6 is 35.6 Å². The molecule has 0 bridgehead atoms. The van der Waals surface area contributed by atoms with Gasteiger partial charge in [0.15, 0.2) is 11.5 Å². The van der Waals surface area contributed by atoms with Gasteiger partial charge in [-0.3, -0.25) is 9.69 Å². The van der Waals surface area contributed by atoms with Crippen LogP contribution in [-0.2, 0) is 9.53 Å². The van der Waals surface area contributed by atoms with Crippen molar-refractivity contribution in [2.24, 2.45) is 0 Å². The summed E-state index contributed by atoms with van der Waals surface area (Å²) in [5, 5.41) is 10.1. The largest absolute Gasteiger partial charge is 0.503 e. The van der Waals surface area contributed by atoms with E-state index in [1.54, 1.807) is 23.1 Å². The third-order valence-corrected chi connectivity index (χ3v) is 5.60. The molecule has 1 aromatic carbocycles. The van der Waals surface area contributed by atoms with Gasteiger partial charge in [-0.25, -0.2) is 0 Å². The number of halogens is 1. The van der Waals surface area contributed by atoms with Crippen LogP contribution in [0.3, 0.4) is 0 Å². The Morgan fingerprint density at radius 1 is 1.56 bits per heavy atom. The second-order valence-electron chi connectivity index (χ2n) is 5.71. The molecular formula is C17H18ClNO4S2. The molecule has 1 amide bonds. The molecule has 0 unspecified atom stereocenters. The highest BCUT2D eigenvalue weighted by Crippen LogP contribution is 2.38. The fourth-order valence-electron chi connectivity index (χ4n) is 2.74. The maximum atomic E-state index is 12.7. The summed E-state index contributed by atoms with van der Waals surface area (Å²) in [5.41, 5.74) is 0.670. The average molecular weight is 400 g/mol. The Bertz CT molecular complexity index is 732. The zero-order valence-corrected chi connectivity index (χ0v) is 16.0. The molecule has 0 saturated carbocycles. The normalized spacial score (nSPS) is 22.2. The van der Waals surface area contributed by atoms with Gasteiger partial charge in [-0.15, -0.1) is 0 Å². The summed E-state index contributed by atoms with van der Waals surface area (Å²) in [5.74, 6) is 0.0512. The summed E-state index contributed by atoms with van der Waals surface area (Å²) in [6, 6.07) is 3.24. The number of carbonyl (C=O) groups is 1. The first-order valence-electron chi connectivity index (χ1n) is 8.02. The van der Waals surface area contributed by atoms with Gasteiger partial charge < -0.3 is 14.6 Å². The van der Waals surface area contributed by atoms with Gasteiger partial charge in [-0.2, -0.15) is 0 Å². The van der Waals surface area contributed by atoms with E-state index in [1.165, 1.54) is 11.8 Å². The van der Waals surface area contributed by atoms with Crippen LogP contribution in [0, 0.1) is 0 Å². The molecule has 1 atom stereocenters. The number of carbonyl (C=O) groups excluding carboxylic acids is 1. The maximum Gasteiger partial charge on any atom is 0.266 e. The van der Waals surface area contributed by atoms with Gasteiger partial charge in [-0.05, 0) is 43.5 Å². The number of ether oxygens (including phenoxy) is 2. The average Bonchev–Trinajstić information content (AvgIpc) is 3.17. The second-order valence-corrected chi connectivity index (χ2v) is 7.79. The van der Waals surface area contributed by atoms with Gasteiger partial charge in [0.1, 0.15) is 4.32 Å². The summed E-state index contributed by atoms with van der Waals surface area (Å²) in [7, 11) is 0. The topological polar surface area (TPSA) is 59.0 Å². The van der Waals surface area contributed by atoms with E-state index in [1.807, 2.05) is 6.92 Å². The number of phenolic OH excluding ortho intramolecular Hbond substituents is 1. The van der Waals surface area contributed by atoms with Crippen LogP contribution in [0.15, 0.2) is 17.0 Å². The fourth-order valence-corrected chi connectivity index (χ4v) is 4.24. The van der Waals surface area contributed by atoms with E-state index in [4.69, 9.17) is 33.3 Å². The van der Waals surface area contributed by atoms with E-state index in [2.05, 4.69) is 0 Å². The summed E-state index contributed by atoms with van der Waals surface area (Å²) in [6.45, 7) is 3.44. The number of hydrogen-bond acceptors (Lipinski definition) is 6. The Morgan fingerprint density at radius 2 is 2.36 bits per heavy atom. The minimum absolute atomic E-state index is 0.0505. The van der Waals surface area contributed by atoms with Crippen LogP contribution in [0.1, 0.15) is 25.3 Å². The minimum Gasteiger partial charge on any atom is -0.503 e. The van der Waals surface area contributed by atoms with E-state index in [0.717, 1.165) is 19.4 Å². The summed E-state index contributed by atoms with van der Waals surface area (Å²) in [6.07, 6.45) is 3.72. The number of thioether (sulfide) groups is 1. The van der Waals surface area contributed by atoms with Crippen molar-refractivity contribution in [1.29, 1.82) is 0 Å². The Labute approximate surface area is 160 Å². The molecule has 8 heteroatoms. The van der Waals surface area contributed by atoms with Crippen LogP contribution in [0.4, 0.5) is 0 Å². The fraction of sp³-hybridized carbons (Fsp3) is 0.412. The van der Waals surface area contributed by atoms with E-state index >= 15 is 0 Å². The zero-order chi connectivity index (χ0) is 18.0. The maximum absolute atomic E-state index is 12.7. The third-order valence-electron chi connectivity index (χ3n) is 3.93. The van der Waals surface area contributed by atoms with Crippen molar-refractivity contribution in [3.05, 3.63) is 27.6 Å². The molecule has 2 aliphatic heterocycles. The minimum atomic E-state index is -0.132. The molecular weight excluding hydrogens is 382 g/mol. The van der Waals surface area contributed by atoms with Crippen LogP contribution in [0.25, 0.3) is 6.08 Å². The molecule has 2 aliphatic rings. The first-order chi connectivity index (χ1) is 12.0. The predicted molar refractivity (Wildman–Crippen MR) is 103 cm³/mol. The second kappa shape index (κ2) is 7.95. The Hall–Kier alpha value is -1.28. The Balaban J connectivity index is 1.81. The molecule has 0 aliphatic carbocycles. The van der Waals surface area contributed by atoms with Crippen molar-refractivity contribution < 1.29 is 19.4 Å². The molecule has 5 nitrogen and oxygen atoms in total. The van der Waals surface area contributed by atoms with Crippen molar-refractivity contribution in [2.75, 3.05) is 19.8 Å². The lowest BCUT2D eigenvalue weighted by molar-refractivity contribution is -0.123. The van der Waals surface area contributed by atoms with Gasteiger partial charge in [0, 0.05) is 6.61 Å². The quantitative estimate of drug-likeness (QED) is 0.600. The van der Waals surface area contributed by atoms with E-state index in [9.17, 15) is 9.90 Å². The lowest BCUT2D eigenvalue weighted by atomic mass is 10.1. The number of aromatic hydroxyl groups is 1. The highest BCUT2D eigenvalue weighted by atomic mass is 35.5. The van der Waals surface area contributed by atoms with Gasteiger partial charge >= 0.3 is 0 Å². The predicted octanol–water partition coefficient (Wildman–Crippen LogP) is 3.82. The number of benzene rings is 1. The van der Waals surface area contributed by atoms with Crippen molar-refractivity contribution in [1.82, 2.24) is 4.90 Å². The number of hydrogen-bond donors (Lipinski definition) is 1. The monoisotopic (exact) mass is 399 g/mol. The highest BCUT2D eigenvalue weighted by Gasteiger charge is 2.34. The van der Waals surface area contributed by atoms with Crippen LogP contribution in [0.5, 0.6) is 11.5 Å². The molecule has 2 saturated heterocycles. The van der Waals surface area contributed by atoms with Crippen molar-refractivity contribution >= 4 is 51.9 Å². The van der Waals surface area contributed by atoms with E-state index in [0.29, 0.717) is 27.9 Å². The van der Waals surface area contributed by atoms with Gasteiger partial charge in [0.05, 0.1) is 29.2 Å². The molecule has 0 spiro atoms. The first kappa shape index (κ1) is 18.5. The molecule has 2 heterocycles. The van der Waals surface area contributed by atoms with Crippen molar-refractivity contribution in [3.63, 3.8) is 0 Å². The van der Waals surface area contributed by atoms with E-state index < -0.39 is 0 Å². The molecule has 134 valence electrons. The smallest absolute Gasteiger partial charge is 0.266 e. The molecule has 3 rings (SSSR count). The first-order valence-corrected chi connectivity index (χ1v) is 9.62. The van der Waals surface area contributed by atoms with Crippen molar-refractivity contribution in [2.45, 2.75) is 25.9 Å². The number of thiocarbonyl (C=S) groups is 1. The van der Waals surface area contributed by atoms with Gasteiger partial charge in [0.25, 0.3) is 5.91 Å². The molecule has 0 aromatic heterocycles. The highest BCUT2D eigenvalue weighted by molar-refractivity contribution is 8.26. The molecule has 1 aromatic rings. The Kier molecular flexibility index (Phi) is 5.89. The number of phenols is 1. The zero-order valence-electron chi connectivity index (χ0n) is 13.7. The SMILES string of the molecule is CCOc1cc(/C=C2\SC(=S)N(C[C@@H]3CCCO3)C2=O)cc(Cl)c1O. The van der Waals surface area contributed by atoms with Gasteiger partial charge in [-0.1, -0.05) is 35.6 Å². The third kappa shape index (κ3) is 4.11. The molecule has 2 fully saturated rings. The lowest BCUT2D eigenvalue weighted by Gasteiger charge is -2.18. The van der Waals surface area contributed by atoms with Crippen LogP contribution < -0.4 is 4.74 Å². The molecule has 1 N–H and O–H groups in total. The lowest BCUT2D eigenvalue weighted by Crippen LogP contribution is -2.35.